The molecule has 0 amide bonds. The van der Waals surface area contributed by atoms with Gasteiger partial charge in [-0.2, -0.15) is 0 Å². The molecule has 0 aromatic rings. The van der Waals surface area contributed by atoms with Crippen LogP contribution in [-0.4, -0.2) is 62.1 Å². The van der Waals surface area contributed by atoms with Crippen LogP contribution in [0.2, 0.25) is 0 Å². The van der Waals surface area contributed by atoms with E-state index in [-0.39, 0.29) is 25.0 Å². The van der Waals surface area contributed by atoms with Crippen LogP contribution in [-0.2, 0) is 14.4 Å². The molecule has 0 rings (SSSR count). The summed E-state index contributed by atoms with van der Waals surface area (Å²) >= 11 is 0. The lowest BCUT2D eigenvalue weighted by molar-refractivity contribution is -0.138. The van der Waals surface area contributed by atoms with E-state index in [0.29, 0.717) is 0 Å². The standard InChI is InChI=1S/C11H22O4.C10H18O4/c1-2-3-4-5-6-7-9(13)11(15)10(14)8-12;11-9(12)7-5-3-1-2-4-6-8-10(13)14/h10-12,14-15H,2-8H2,1H3;1-8H2,(H,11,12)(H,13,14). The first-order valence-electron chi connectivity index (χ1n) is 10.7. The average molecular weight is 421 g/mol. The van der Waals surface area contributed by atoms with Gasteiger partial charge >= 0.3 is 11.9 Å². The molecule has 0 spiro atoms. The van der Waals surface area contributed by atoms with Crippen LogP contribution in [0.1, 0.15) is 96.8 Å². The van der Waals surface area contributed by atoms with Gasteiger partial charge in [0, 0.05) is 19.3 Å². The van der Waals surface area contributed by atoms with Crippen molar-refractivity contribution in [3.63, 3.8) is 0 Å². The molecule has 2 unspecified atom stereocenters. The molecular weight excluding hydrogens is 380 g/mol. The fraction of sp³-hybridized carbons (Fsp3) is 0.857. The van der Waals surface area contributed by atoms with E-state index in [4.69, 9.17) is 20.4 Å². The Morgan fingerprint density at radius 1 is 0.655 bits per heavy atom. The third-order valence-electron chi connectivity index (χ3n) is 4.44. The molecule has 0 aromatic heterocycles. The summed E-state index contributed by atoms with van der Waals surface area (Å²) in [7, 11) is 0. The van der Waals surface area contributed by atoms with Crippen molar-refractivity contribution in [1.29, 1.82) is 0 Å². The molecule has 8 heteroatoms. The Hall–Kier alpha value is -1.51. The van der Waals surface area contributed by atoms with Crippen LogP contribution in [0.5, 0.6) is 0 Å². The maximum Gasteiger partial charge on any atom is 0.303 e. The average Bonchev–Trinajstić information content (AvgIpc) is 2.68. The van der Waals surface area contributed by atoms with E-state index in [1.165, 1.54) is 0 Å². The number of carbonyl (C=O) groups is 3. The van der Waals surface area contributed by atoms with Crippen molar-refractivity contribution in [3.8, 4) is 0 Å². The van der Waals surface area contributed by atoms with Crippen LogP contribution in [0.15, 0.2) is 0 Å². The number of rotatable bonds is 18. The van der Waals surface area contributed by atoms with Gasteiger partial charge in [-0.25, -0.2) is 0 Å². The minimum absolute atomic E-state index is 0.245. The number of carbonyl (C=O) groups excluding carboxylic acids is 1. The van der Waals surface area contributed by atoms with Gasteiger partial charge in [-0.1, -0.05) is 58.3 Å². The topological polar surface area (TPSA) is 152 Å². The Bertz CT molecular complexity index is 405. The Morgan fingerprint density at radius 3 is 1.41 bits per heavy atom. The molecule has 5 N–H and O–H groups in total. The predicted octanol–water partition coefficient (Wildman–Crippen LogP) is 2.91. The summed E-state index contributed by atoms with van der Waals surface area (Å²) in [6.45, 7) is 1.54. The van der Waals surface area contributed by atoms with Crippen molar-refractivity contribution >= 4 is 17.7 Å². The SMILES string of the molecule is CCCCCCCC(=O)C(O)C(O)CO.O=C(O)CCCCCCCCC(=O)O. The minimum atomic E-state index is -1.43. The van der Waals surface area contributed by atoms with Gasteiger partial charge in [-0.3, -0.25) is 14.4 Å². The maximum atomic E-state index is 11.3. The Kier molecular flexibility index (Phi) is 21.7. The number of aliphatic hydroxyl groups is 3. The molecular formula is C21H40O8. The summed E-state index contributed by atoms with van der Waals surface area (Å²) in [4.78, 5) is 31.5. The van der Waals surface area contributed by atoms with Crippen molar-refractivity contribution in [2.75, 3.05) is 6.61 Å². The maximum absolute atomic E-state index is 11.3. The molecule has 0 aliphatic carbocycles. The van der Waals surface area contributed by atoms with Gasteiger partial charge in [0.2, 0.25) is 0 Å². The number of hydrogen-bond donors (Lipinski definition) is 5. The van der Waals surface area contributed by atoms with Gasteiger partial charge < -0.3 is 25.5 Å². The van der Waals surface area contributed by atoms with Gasteiger partial charge in [0.1, 0.15) is 12.2 Å². The fourth-order valence-electron chi connectivity index (χ4n) is 2.62. The van der Waals surface area contributed by atoms with Crippen LogP contribution in [0.25, 0.3) is 0 Å². The molecule has 0 radical (unpaired) electrons. The van der Waals surface area contributed by atoms with Crippen molar-refractivity contribution < 1.29 is 39.9 Å². The molecule has 0 aromatic carbocycles. The monoisotopic (exact) mass is 420 g/mol. The van der Waals surface area contributed by atoms with Crippen LogP contribution >= 0.6 is 0 Å². The van der Waals surface area contributed by atoms with Crippen LogP contribution in [0.4, 0.5) is 0 Å². The molecule has 172 valence electrons. The molecule has 29 heavy (non-hydrogen) atoms. The van der Waals surface area contributed by atoms with E-state index < -0.39 is 30.8 Å². The quantitative estimate of drug-likeness (QED) is 0.212. The second-order valence-corrected chi connectivity index (χ2v) is 7.23. The largest absolute Gasteiger partial charge is 0.481 e. The summed E-state index contributed by atoms with van der Waals surface area (Å²) in [6.07, 6.45) is 8.47. The van der Waals surface area contributed by atoms with Crippen molar-refractivity contribution in [1.82, 2.24) is 0 Å². The Labute approximate surface area is 173 Å². The van der Waals surface area contributed by atoms with Crippen LogP contribution in [0, 0.1) is 0 Å². The summed E-state index contributed by atoms with van der Waals surface area (Å²) in [6, 6.07) is 0. The zero-order chi connectivity index (χ0) is 22.5. The second-order valence-electron chi connectivity index (χ2n) is 7.23. The molecule has 0 saturated heterocycles. The van der Waals surface area contributed by atoms with Crippen LogP contribution < -0.4 is 0 Å². The highest BCUT2D eigenvalue weighted by Crippen LogP contribution is 2.09. The van der Waals surface area contributed by atoms with E-state index in [2.05, 4.69) is 6.92 Å². The lowest BCUT2D eigenvalue weighted by atomic mass is 10.0. The van der Waals surface area contributed by atoms with Gasteiger partial charge in [0.05, 0.1) is 6.61 Å². The molecule has 0 heterocycles. The van der Waals surface area contributed by atoms with E-state index >= 15 is 0 Å². The molecule has 0 aliphatic rings. The summed E-state index contributed by atoms with van der Waals surface area (Å²) < 4.78 is 0. The molecule has 0 saturated carbocycles. The minimum Gasteiger partial charge on any atom is -0.481 e. The van der Waals surface area contributed by atoms with Gasteiger partial charge in [0.15, 0.2) is 5.78 Å². The zero-order valence-corrected chi connectivity index (χ0v) is 17.7. The molecule has 8 nitrogen and oxygen atoms in total. The summed E-state index contributed by atoms with van der Waals surface area (Å²) in [5, 5.41) is 43.5. The molecule has 0 fully saturated rings. The van der Waals surface area contributed by atoms with Gasteiger partial charge in [-0.05, 0) is 19.3 Å². The van der Waals surface area contributed by atoms with Crippen LogP contribution in [0.3, 0.4) is 0 Å². The Balaban J connectivity index is 0. The predicted molar refractivity (Wildman–Crippen MR) is 110 cm³/mol. The van der Waals surface area contributed by atoms with E-state index in [1.807, 2.05) is 0 Å². The lowest BCUT2D eigenvalue weighted by Gasteiger charge is -2.13. The van der Waals surface area contributed by atoms with Gasteiger partial charge in [0.25, 0.3) is 0 Å². The second kappa shape index (κ2) is 21.2. The highest BCUT2D eigenvalue weighted by Gasteiger charge is 2.22. The summed E-state index contributed by atoms with van der Waals surface area (Å²) in [5.74, 6) is -1.86. The lowest BCUT2D eigenvalue weighted by Crippen LogP contribution is -2.36. The highest BCUT2D eigenvalue weighted by atomic mass is 16.4. The first-order chi connectivity index (χ1) is 13.8. The smallest absolute Gasteiger partial charge is 0.303 e. The van der Waals surface area contributed by atoms with Gasteiger partial charge in [-0.15, -0.1) is 0 Å². The normalized spacial score (nSPS) is 12.6. The number of Topliss-reactive ketones (excluding diaryl/α,β-unsaturated/α-hetero) is 1. The Morgan fingerprint density at radius 2 is 1.03 bits per heavy atom. The van der Waals surface area contributed by atoms with E-state index in [0.717, 1.165) is 70.6 Å². The molecule has 0 bridgehead atoms. The molecule has 0 aliphatic heterocycles. The number of unbranched alkanes of at least 4 members (excludes halogenated alkanes) is 9. The van der Waals surface area contributed by atoms with E-state index in [1.54, 1.807) is 0 Å². The third kappa shape index (κ3) is 22.6. The number of ketones is 1. The third-order valence-corrected chi connectivity index (χ3v) is 4.44. The van der Waals surface area contributed by atoms with Crippen molar-refractivity contribution in [3.05, 3.63) is 0 Å². The first-order valence-corrected chi connectivity index (χ1v) is 10.7. The highest BCUT2D eigenvalue weighted by molar-refractivity contribution is 5.83. The van der Waals surface area contributed by atoms with Crippen molar-refractivity contribution in [2.24, 2.45) is 0 Å². The van der Waals surface area contributed by atoms with E-state index in [9.17, 15) is 19.5 Å². The zero-order valence-electron chi connectivity index (χ0n) is 17.7. The number of aliphatic hydroxyl groups excluding tert-OH is 3. The van der Waals surface area contributed by atoms with Crippen molar-refractivity contribution in [2.45, 2.75) is 109 Å². The number of hydrogen-bond acceptors (Lipinski definition) is 6. The number of aliphatic carboxylic acids is 2. The molecule has 2 atom stereocenters. The number of carboxylic acid groups (broad SMARTS) is 2. The fourth-order valence-corrected chi connectivity index (χ4v) is 2.62. The summed E-state index contributed by atoms with van der Waals surface area (Å²) in [5.41, 5.74) is 0. The number of carboxylic acids is 2. The first kappa shape index (κ1) is 29.7.